The van der Waals surface area contributed by atoms with Gasteiger partial charge in [0.2, 0.25) is 5.89 Å². The van der Waals surface area contributed by atoms with E-state index in [0.717, 1.165) is 43.0 Å². The zero-order valence-corrected chi connectivity index (χ0v) is 14.7. The summed E-state index contributed by atoms with van der Waals surface area (Å²) in [6, 6.07) is 8.55. The van der Waals surface area contributed by atoms with Gasteiger partial charge in [0.1, 0.15) is 0 Å². The normalized spacial score (nSPS) is 27.7. The van der Waals surface area contributed by atoms with Crippen LogP contribution in [-0.4, -0.2) is 46.9 Å². The quantitative estimate of drug-likeness (QED) is 0.925. The fraction of sp³-hybridized carbons (Fsp3) is 0.550. The number of aliphatic hydroxyl groups is 1. The minimum Gasteiger partial charge on any atom is -0.439 e. The van der Waals surface area contributed by atoms with Crippen LogP contribution in [0.2, 0.25) is 0 Å². The molecule has 2 aliphatic rings. The van der Waals surface area contributed by atoms with E-state index in [1.54, 1.807) is 0 Å². The molecule has 0 amide bonds. The van der Waals surface area contributed by atoms with E-state index in [1.165, 1.54) is 5.56 Å². The maximum atomic E-state index is 10.4. The number of aryl methyl sites for hydroxylation is 1. The summed E-state index contributed by atoms with van der Waals surface area (Å²) < 4.78 is 11.6. The van der Waals surface area contributed by atoms with Crippen molar-refractivity contribution in [1.82, 2.24) is 9.88 Å². The second-order valence-electron chi connectivity index (χ2n) is 7.21. The maximum absolute atomic E-state index is 10.4. The molecule has 0 bridgehead atoms. The molecule has 3 atom stereocenters. The maximum Gasteiger partial charge on any atom is 0.209 e. The molecule has 25 heavy (non-hydrogen) atoms. The Kier molecular flexibility index (Phi) is 4.88. The lowest BCUT2D eigenvalue weighted by atomic mass is 9.89. The molecule has 2 aromatic rings. The smallest absolute Gasteiger partial charge is 0.209 e. The van der Waals surface area contributed by atoms with E-state index in [9.17, 15) is 5.11 Å². The third-order valence-corrected chi connectivity index (χ3v) is 5.57. The van der Waals surface area contributed by atoms with Crippen LogP contribution in [0.3, 0.4) is 0 Å². The predicted molar refractivity (Wildman–Crippen MR) is 95.0 cm³/mol. The Labute approximate surface area is 148 Å². The first-order chi connectivity index (χ1) is 12.2. The summed E-state index contributed by atoms with van der Waals surface area (Å²) in [7, 11) is 0. The highest BCUT2D eigenvalue weighted by atomic mass is 16.5. The molecule has 1 aromatic heterocycles. The Morgan fingerprint density at radius 2 is 2.16 bits per heavy atom. The molecule has 5 nitrogen and oxygen atoms in total. The van der Waals surface area contributed by atoms with Gasteiger partial charge in [-0.15, -0.1) is 0 Å². The van der Waals surface area contributed by atoms with Crippen molar-refractivity contribution >= 4 is 0 Å². The Morgan fingerprint density at radius 1 is 1.28 bits per heavy atom. The molecule has 4 rings (SSSR count). The van der Waals surface area contributed by atoms with Crippen LogP contribution in [0.15, 0.2) is 34.9 Å². The number of rotatable bonds is 4. The Balaban J connectivity index is 1.47. The molecule has 1 N–H and O–H groups in total. The Bertz CT molecular complexity index is 714. The first kappa shape index (κ1) is 16.8. The molecule has 2 saturated heterocycles. The van der Waals surface area contributed by atoms with Gasteiger partial charge in [0, 0.05) is 24.1 Å². The first-order valence-electron chi connectivity index (χ1n) is 9.23. The van der Waals surface area contributed by atoms with Crippen molar-refractivity contribution in [3.05, 3.63) is 41.9 Å². The van der Waals surface area contributed by atoms with E-state index in [1.807, 2.05) is 18.3 Å². The number of ether oxygens (including phenoxy) is 1. The highest BCUT2D eigenvalue weighted by Gasteiger charge is 2.37. The fourth-order valence-corrected chi connectivity index (χ4v) is 4.18. The molecular formula is C20H26N2O3. The summed E-state index contributed by atoms with van der Waals surface area (Å²) in [5.41, 5.74) is 2.28. The average Bonchev–Trinajstić information content (AvgIpc) is 3.26. The van der Waals surface area contributed by atoms with E-state index in [0.29, 0.717) is 25.8 Å². The van der Waals surface area contributed by atoms with Gasteiger partial charge in [-0.2, -0.15) is 0 Å². The van der Waals surface area contributed by atoms with Crippen LogP contribution in [0.1, 0.15) is 30.7 Å². The summed E-state index contributed by atoms with van der Waals surface area (Å²) >= 11 is 0. The number of benzene rings is 1. The number of hydrogen-bond acceptors (Lipinski definition) is 5. The molecule has 0 spiro atoms. The zero-order chi connectivity index (χ0) is 17.2. The van der Waals surface area contributed by atoms with Gasteiger partial charge in [-0.3, -0.25) is 4.90 Å². The van der Waals surface area contributed by atoms with Crippen molar-refractivity contribution in [1.29, 1.82) is 0 Å². The summed E-state index contributed by atoms with van der Waals surface area (Å²) in [4.78, 5) is 6.89. The average molecular weight is 342 g/mol. The largest absolute Gasteiger partial charge is 0.439 e. The highest BCUT2D eigenvalue weighted by molar-refractivity contribution is 5.60. The monoisotopic (exact) mass is 342 g/mol. The molecule has 134 valence electrons. The van der Waals surface area contributed by atoms with Crippen molar-refractivity contribution in [2.45, 2.75) is 44.9 Å². The number of oxazole rings is 1. The summed E-state index contributed by atoms with van der Waals surface area (Å²) in [6.07, 6.45) is 4.56. The SMILES string of the molecule is Cc1ccccc1-c1cnc(CN2CCC[C@@H]2[C@@H]2COCC[C@H]2O)o1. The van der Waals surface area contributed by atoms with Crippen LogP contribution in [0.4, 0.5) is 0 Å². The lowest BCUT2D eigenvalue weighted by molar-refractivity contribution is -0.0643. The topological polar surface area (TPSA) is 58.7 Å². The molecule has 2 aliphatic heterocycles. The van der Waals surface area contributed by atoms with Crippen LogP contribution in [0.5, 0.6) is 0 Å². The van der Waals surface area contributed by atoms with Crippen LogP contribution >= 0.6 is 0 Å². The van der Waals surface area contributed by atoms with Gasteiger partial charge >= 0.3 is 0 Å². The van der Waals surface area contributed by atoms with Gasteiger partial charge in [-0.25, -0.2) is 4.98 Å². The van der Waals surface area contributed by atoms with E-state index in [2.05, 4.69) is 28.9 Å². The summed E-state index contributed by atoms with van der Waals surface area (Å²) in [5.74, 6) is 1.77. The molecule has 0 unspecified atom stereocenters. The third kappa shape index (κ3) is 3.50. The molecule has 0 saturated carbocycles. The molecule has 2 fully saturated rings. The van der Waals surface area contributed by atoms with Crippen molar-refractivity contribution < 1.29 is 14.3 Å². The molecule has 0 aliphatic carbocycles. The van der Waals surface area contributed by atoms with Crippen LogP contribution in [0.25, 0.3) is 11.3 Å². The van der Waals surface area contributed by atoms with E-state index >= 15 is 0 Å². The minimum atomic E-state index is -0.258. The van der Waals surface area contributed by atoms with Crippen molar-refractivity contribution in [3.8, 4) is 11.3 Å². The standard InChI is InChI=1S/C20H26N2O3/c1-14-5-2-3-6-15(14)19-11-21-20(25-19)12-22-9-4-7-17(22)16-13-24-10-8-18(16)23/h2-3,5-6,11,16-18,23H,4,7-10,12-13H2,1H3/t16-,17+,18+/m0/s1. The molecule has 1 aromatic carbocycles. The fourth-order valence-electron chi connectivity index (χ4n) is 4.18. The second-order valence-corrected chi connectivity index (χ2v) is 7.21. The molecule has 5 heteroatoms. The van der Waals surface area contributed by atoms with Gasteiger partial charge in [0.05, 0.1) is 25.5 Å². The number of aliphatic hydroxyl groups excluding tert-OH is 1. The Morgan fingerprint density at radius 3 is 3.00 bits per heavy atom. The van der Waals surface area contributed by atoms with Gasteiger partial charge in [0.15, 0.2) is 5.76 Å². The zero-order valence-electron chi connectivity index (χ0n) is 14.7. The van der Waals surface area contributed by atoms with Crippen LogP contribution in [0, 0.1) is 12.8 Å². The van der Waals surface area contributed by atoms with Gasteiger partial charge in [-0.1, -0.05) is 24.3 Å². The number of aromatic nitrogens is 1. The van der Waals surface area contributed by atoms with Crippen molar-refractivity contribution in [3.63, 3.8) is 0 Å². The number of likely N-dealkylation sites (tertiary alicyclic amines) is 1. The number of nitrogens with zero attached hydrogens (tertiary/aromatic N) is 2. The van der Waals surface area contributed by atoms with Gasteiger partial charge in [-0.05, 0) is 38.3 Å². The third-order valence-electron chi connectivity index (χ3n) is 5.57. The molecule has 3 heterocycles. The minimum absolute atomic E-state index is 0.196. The van der Waals surface area contributed by atoms with E-state index in [-0.39, 0.29) is 12.0 Å². The van der Waals surface area contributed by atoms with Gasteiger partial charge in [0.25, 0.3) is 0 Å². The van der Waals surface area contributed by atoms with E-state index < -0.39 is 0 Å². The second kappa shape index (κ2) is 7.28. The Hall–Kier alpha value is -1.69. The van der Waals surface area contributed by atoms with Crippen molar-refractivity contribution in [2.24, 2.45) is 5.92 Å². The summed E-state index contributed by atoms with van der Waals surface area (Å²) in [6.45, 7) is 5.13. The van der Waals surface area contributed by atoms with Crippen LogP contribution in [-0.2, 0) is 11.3 Å². The lowest BCUT2D eigenvalue weighted by Gasteiger charge is -2.36. The molecule has 0 radical (unpaired) electrons. The van der Waals surface area contributed by atoms with Crippen LogP contribution < -0.4 is 0 Å². The predicted octanol–water partition coefficient (Wildman–Crippen LogP) is 3.01. The van der Waals surface area contributed by atoms with Crippen molar-refractivity contribution in [2.75, 3.05) is 19.8 Å². The lowest BCUT2D eigenvalue weighted by Crippen LogP contribution is -2.45. The highest BCUT2D eigenvalue weighted by Crippen LogP contribution is 2.31. The molecular weight excluding hydrogens is 316 g/mol. The van der Waals surface area contributed by atoms with Gasteiger partial charge < -0.3 is 14.3 Å². The first-order valence-corrected chi connectivity index (χ1v) is 9.23. The number of hydrogen-bond donors (Lipinski definition) is 1. The van der Waals surface area contributed by atoms with E-state index in [4.69, 9.17) is 9.15 Å². The summed E-state index contributed by atoms with van der Waals surface area (Å²) in [5, 5.41) is 10.4.